The molecule has 0 saturated heterocycles. The number of rotatable bonds is 6. The number of hydrogen-bond acceptors (Lipinski definition) is 0. The van der Waals surface area contributed by atoms with Gasteiger partial charge in [-0.1, -0.05) is 68.7 Å². The van der Waals surface area contributed by atoms with Gasteiger partial charge in [0.15, 0.2) is 0 Å². The SMILES string of the molecule is C=C1CC(CCCC)=C(CCCC)c2ccccc2C1. The van der Waals surface area contributed by atoms with E-state index in [-0.39, 0.29) is 0 Å². The molecular weight excluding hydrogens is 240 g/mol. The van der Waals surface area contributed by atoms with Gasteiger partial charge < -0.3 is 0 Å². The van der Waals surface area contributed by atoms with Crippen molar-refractivity contribution in [3.63, 3.8) is 0 Å². The largest absolute Gasteiger partial charge is 0.0992 e. The fourth-order valence-corrected chi connectivity index (χ4v) is 3.19. The Balaban J connectivity index is 2.42. The van der Waals surface area contributed by atoms with Crippen LogP contribution in [0.5, 0.6) is 0 Å². The molecule has 0 aliphatic heterocycles. The molecule has 20 heavy (non-hydrogen) atoms. The predicted octanol–water partition coefficient (Wildman–Crippen LogP) is 6.32. The maximum atomic E-state index is 4.31. The highest BCUT2D eigenvalue weighted by atomic mass is 14.2. The summed E-state index contributed by atoms with van der Waals surface area (Å²) in [5, 5.41) is 0. The summed E-state index contributed by atoms with van der Waals surface area (Å²) in [5.41, 5.74) is 7.67. The third kappa shape index (κ3) is 3.62. The highest BCUT2D eigenvalue weighted by Gasteiger charge is 2.17. The number of hydrogen-bond donors (Lipinski definition) is 0. The van der Waals surface area contributed by atoms with Crippen LogP contribution in [-0.2, 0) is 6.42 Å². The van der Waals surface area contributed by atoms with Gasteiger partial charge in [-0.2, -0.15) is 0 Å². The summed E-state index contributed by atoms with van der Waals surface area (Å²) in [6.45, 7) is 8.88. The van der Waals surface area contributed by atoms with E-state index in [1.807, 2.05) is 0 Å². The molecule has 1 aromatic rings. The summed E-state index contributed by atoms with van der Waals surface area (Å²) < 4.78 is 0. The average Bonchev–Trinajstić information content (AvgIpc) is 2.58. The zero-order valence-corrected chi connectivity index (χ0v) is 13.2. The molecule has 0 bridgehead atoms. The summed E-state index contributed by atoms with van der Waals surface area (Å²) in [7, 11) is 0. The molecule has 0 nitrogen and oxygen atoms in total. The van der Waals surface area contributed by atoms with Crippen molar-refractivity contribution in [2.45, 2.75) is 65.2 Å². The maximum Gasteiger partial charge on any atom is -0.00606 e. The van der Waals surface area contributed by atoms with Crippen LogP contribution in [0.25, 0.3) is 5.57 Å². The molecule has 0 amide bonds. The maximum absolute atomic E-state index is 4.31. The molecular formula is C20H28. The van der Waals surface area contributed by atoms with Gasteiger partial charge in [-0.25, -0.2) is 0 Å². The van der Waals surface area contributed by atoms with E-state index in [0.29, 0.717) is 0 Å². The molecule has 0 unspecified atom stereocenters. The fourth-order valence-electron chi connectivity index (χ4n) is 3.19. The van der Waals surface area contributed by atoms with Crippen LogP contribution in [-0.4, -0.2) is 0 Å². The van der Waals surface area contributed by atoms with Crippen molar-refractivity contribution in [3.8, 4) is 0 Å². The molecule has 0 heteroatoms. The summed E-state index contributed by atoms with van der Waals surface area (Å²) in [4.78, 5) is 0. The normalized spacial score (nSPS) is 15.2. The molecule has 0 saturated carbocycles. The van der Waals surface area contributed by atoms with Crippen LogP contribution in [0.2, 0.25) is 0 Å². The average molecular weight is 268 g/mol. The van der Waals surface area contributed by atoms with E-state index < -0.39 is 0 Å². The van der Waals surface area contributed by atoms with E-state index in [2.05, 4.69) is 44.7 Å². The van der Waals surface area contributed by atoms with E-state index in [1.165, 1.54) is 55.2 Å². The minimum Gasteiger partial charge on any atom is -0.0992 e. The molecule has 0 heterocycles. The van der Waals surface area contributed by atoms with Crippen LogP contribution in [0, 0.1) is 0 Å². The van der Waals surface area contributed by atoms with Gasteiger partial charge >= 0.3 is 0 Å². The molecule has 0 atom stereocenters. The topological polar surface area (TPSA) is 0 Å². The predicted molar refractivity (Wildman–Crippen MR) is 89.9 cm³/mol. The lowest BCUT2D eigenvalue weighted by molar-refractivity contribution is 0.760. The minimum absolute atomic E-state index is 1.06. The van der Waals surface area contributed by atoms with E-state index in [0.717, 1.165) is 12.8 Å². The number of benzene rings is 1. The number of unbranched alkanes of at least 4 members (excludes halogenated alkanes) is 2. The smallest absolute Gasteiger partial charge is 0.00606 e. The van der Waals surface area contributed by atoms with E-state index in [4.69, 9.17) is 0 Å². The second-order valence-electron chi connectivity index (χ2n) is 6.05. The van der Waals surface area contributed by atoms with Gasteiger partial charge in [-0.05, 0) is 55.2 Å². The lowest BCUT2D eigenvalue weighted by Crippen LogP contribution is -1.94. The highest BCUT2D eigenvalue weighted by molar-refractivity contribution is 5.73. The van der Waals surface area contributed by atoms with Gasteiger partial charge in [0, 0.05) is 0 Å². The first-order chi connectivity index (χ1) is 9.76. The first kappa shape index (κ1) is 15.1. The molecule has 0 spiro atoms. The second-order valence-corrected chi connectivity index (χ2v) is 6.05. The summed E-state index contributed by atoms with van der Waals surface area (Å²) in [5.74, 6) is 0. The van der Waals surface area contributed by atoms with Gasteiger partial charge in [0.05, 0.1) is 0 Å². The minimum atomic E-state index is 1.06. The van der Waals surface area contributed by atoms with E-state index in [1.54, 1.807) is 11.1 Å². The Labute approximate surface area is 124 Å². The molecule has 1 aliphatic rings. The third-order valence-corrected chi connectivity index (χ3v) is 4.29. The Bertz CT molecular complexity index is 491. The van der Waals surface area contributed by atoms with Crippen molar-refractivity contribution in [1.29, 1.82) is 0 Å². The van der Waals surface area contributed by atoms with Gasteiger partial charge in [-0.15, -0.1) is 0 Å². The number of allylic oxidation sites excluding steroid dienone is 3. The van der Waals surface area contributed by atoms with Crippen LogP contribution in [0.15, 0.2) is 42.0 Å². The van der Waals surface area contributed by atoms with E-state index in [9.17, 15) is 0 Å². The van der Waals surface area contributed by atoms with Crippen molar-refractivity contribution in [3.05, 3.63) is 53.1 Å². The third-order valence-electron chi connectivity index (χ3n) is 4.29. The molecule has 0 aromatic heterocycles. The second kappa shape index (κ2) is 7.47. The quantitative estimate of drug-likeness (QED) is 0.529. The fraction of sp³-hybridized carbons (Fsp3) is 0.500. The van der Waals surface area contributed by atoms with Crippen LogP contribution >= 0.6 is 0 Å². The summed E-state index contributed by atoms with van der Waals surface area (Å²) in [6.07, 6.45) is 9.82. The van der Waals surface area contributed by atoms with Gasteiger partial charge in [-0.3, -0.25) is 0 Å². The van der Waals surface area contributed by atoms with Crippen LogP contribution < -0.4 is 0 Å². The molecule has 1 aliphatic carbocycles. The first-order valence-electron chi connectivity index (χ1n) is 8.22. The lowest BCUT2D eigenvalue weighted by atomic mass is 9.90. The van der Waals surface area contributed by atoms with Crippen molar-refractivity contribution in [1.82, 2.24) is 0 Å². The Kier molecular flexibility index (Phi) is 5.64. The molecule has 2 rings (SSSR count). The van der Waals surface area contributed by atoms with Gasteiger partial charge in [0.25, 0.3) is 0 Å². The molecule has 1 aromatic carbocycles. The highest BCUT2D eigenvalue weighted by Crippen LogP contribution is 2.37. The lowest BCUT2D eigenvalue weighted by Gasteiger charge is -2.15. The van der Waals surface area contributed by atoms with Crippen LogP contribution in [0.3, 0.4) is 0 Å². The zero-order valence-electron chi connectivity index (χ0n) is 13.2. The monoisotopic (exact) mass is 268 g/mol. The van der Waals surface area contributed by atoms with Crippen molar-refractivity contribution >= 4 is 5.57 Å². The van der Waals surface area contributed by atoms with Crippen LogP contribution in [0.4, 0.5) is 0 Å². The Hall–Kier alpha value is -1.30. The van der Waals surface area contributed by atoms with Crippen molar-refractivity contribution < 1.29 is 0 Å². The summed E-state index contributed by atoms with van der Waals surface area (Å²) in [6, 6.07) is 8.97. The van der Waals surface area contributed by atoms with Crippen LogP contribution in [0.1, 0.15) is 69.9 Å². The van der Waals surface area contributed by atoms with Crippen molar-refractivity contribution in [2.75, 3.05) is 0 Å². The molecule has 108 valence electrons. The van der Waals surface area contributed by atoms with Crippen molar-refractivity contribution in [2.24, 2.45) is 0 Å². The zero-order chi connectivity index (χ0) is 14.4. The first-order valence-corrected chi connectivity index (χ1v) is 8.22. The summed E-state index contributed by atoms with van der Waals surface area (Å²) >= 11 is 0. The molecule has 0 radical (unpaired) electrons. The Morgan fingerprint density at radius 1 is 0.950 bits per heavy atom. The van der Waals surface area contributed by atoms with Gasteiger partial charge in [0.1, 0.15) is 0 Å². The Morgan fingerprint density at radius 3 is 2.40 bits per heavy atom. The van der Waals surface area contributed by atoms with E-state index >= 15 is 0 Å². The standard InChI is InChI=1S/C20H28/c1-4-6-10-17-14-16(3)15-18-11-8-9-13-20(18)19(17)12-7-5-2/h8-9,11,13H,3-7,10,12,14-15H2,1-2H3. The van der Waals surface area contributed by atoms with Gasteiger partial charge in [0.2, 0.25) is 0 Å². The number of fused-ring (bicyclic) bond motifs is 1. The Morgan fingerprint density at radius 2 is 1.65 bits per heavy atom. The molecule has 0 fully saturated rings. The molecule has 0 N–H and O–H groups in total.